The molecule has 7 nitrogen and oxygen atoms in total. The number of rotatable bonds is 6. The lowest BCUT2D eigenvalue weighted by molar-refractivity contribution is -0.141. The number of carbonyl (C=O) groups excluding carboxylic acids is 1. The number of sulfonamides is 1. The minimum atomic E-state index is -4.81. The molecule has 0 bridgehead atoms. The molecule has 1 amide bonds. The molecule has 0 spiro atoms. The van der Waals surface area contributed by atoms with Crippen LogP contribution in [0.2, 0.25) is 5.02 Å². The second-order valence-corrected chi connectivity index (χ2v) is 7.79. The third kappa shape index (κ3) is 4.65. The van der Waals surface area contributed by atoms with Crippen LogP contribution in [0.4, 0.5) is 13.2 Å². The van der Waals surface area contributed by atoms with E-state index in [1.165, 1.54) is 4.90 Å². The molecule has 1 aliphatic rings. The molecule has 2 rings (SSSR count). The Kier molecular flexibility index (Phi) is 5.83. The van der Waals surface area contributed by atoms with Crippen molar-refractivity contribution in [2.24, 2.45) is 5.92 Å². The number of carboxylic acids is 1. The fourth-order valence-corrected chi connectivity index (χ4v) is 3.71. The van der Waals surface area contributed by atoms with Crippen molar-refractivity contribution < 1.29 is 36.3 Å². The summed E-state index contributed by atoms with van der Waals surface area (Å²) in [4.78, 5) is 23.1. The van der Waals surface area contributed by atoms with Crippen LogP contribution >= 0.6 is 11.6 Å². The highest BCUT2D eigenvalue weighted by atomic mass is 35.5. The van der Waals surface area contributed by atoms with E-state index in [1.54, 1.807) is 0 Å². The van der Waals surface area contributed by atoms with Gasteiger partial charge in [-0.1, -0.05) is 11.6 Å². The first kappa shape index (κ1) is 20.5. The average molecular weight is 415 g/mol. The van der Waals surface area contributed by atoms with Gasteiger partial charge in [0.05, 0.1) is 21.4 Å². The standard InChI is InChI=1S/C14H14ClF3N2O5S/c15-11-2-1-9(6-10(11)14(16,17)18)26(24,25)19-3-4-20-7-8(13(22)23)5-12(20)21/h1-2,6,8,19H,3-5,7H2,(H,22,23). The van der Waals surface area contributed by atoms with E-state index in [0.29, 0.717) is 6.07 Å². The maximum absolute atomic E-state index is 12.8. The van der Waals surface area contributed by atoms with Gasteiger partial charge in [-0.25, -0.2) is 13.1 Å². The van der Waals surface area contributed by atoms with E-state index in [2.05, 4.69) is 4.72 Å². The van der Waals surface area contributed by atoms with Crippen molar-refractivity contribution in [2.75, 3.05) is 19.6 Å². The molecule has 1 atom stereocenters. The lowest BCUT2D eigenvalue weighted by Gasteiger charge is -2.17. The lowest BCUT2D eigenvalue weighted by Crippen LogP contribution is -2.36. The zero-order valence-electron chi connectivity index (χ0n) is 13.1. The molecule has 144 valence electrons. The third-order valence-electron chi connectivity index (χ3n) is 3.79. The van der Waals surface area contributed by atoms with Gasteiger partial charge in [0, 0.05) is 26.1 Å². The normalized spacial score (nSPS) is 18.4. The summed E-state index contributed by atoms with van der Waals surface area (Å²) >= 11 is 5.45. The first-order valence-corrected chi connectivity index (χ1v) is 9.15. The first-order valence-electron chi connectivity index (χ1n) is 7.29. The van der Waals surface area contributed by atoms with Crippen LogP contribution in [0.1, 0.15) is 12.0 Å². The number of alkyl halides is 3. The van der Waals surface area contributed by atoms with Crippen molar-refractivity contribution >= 4 is 33.5 Å². The Morgan fingerprint density at radius 2 is 2.04 bits per heavy atom. The van der Waals surface area contributed by atoms with Crippen LogP contribution in [0.15, 0.2) is 23.1 Å². The average Bonchev–Trinajstić information content (AvgIpc) is 2.87. The summed E-state index contributed by atoms with van der Waals surface area (Å²) in [7, 11) is -4.26. The second-order valence-electron chi connectivity index (χ2n) is 5.62. The fourth-order valence-electron chi connectivity index (χ4n) is 2.44. The molecule has 1 unspecified atom stereocenters. The maximum atomic E-state index is 12.8. The molecule has 12 heteroatoms. The Bertz CT molecular complexity index is 828. The summed E-state index contributed by atoms with van der Waals surface area (Å²) in [5.41, 5.74) is -1.28. The van der Waals surface area contributed by atoms with Gasteiger partial charge in [-0.2, -0.15) is 13.2 Å². The monoisotopic (exact) mass is 414 g/mol. The van der Waals surface area contributed by atoms with Gasteiger partial charge in [-0.3, -0.25) is 9.59 Å². The lowest BCUT2D eigenvalue weighted by atomic mass is 10.1. The molecule has 0 radical (unpaired) electrons. The molecule has 0 saturated carbocycles. The van der Waals surface area contributed by atoms with Gasteiger partial charge in [0.1, 0.15) is 0 Å². The summed E-state index contributed by atoms with van der Waals surface area (Å²) in [6.07, 6.45) is -4.98. The van der Waals surface area contributed by atoms with Crippen molar-refractivity contribution in [3.05, 3.63) is 28.8 Å². The number of halogens is 4. The number of hydrogen-bond donors (Lipinski definition) is 2. The summed E-state index contributed by atoms with van der Waals surface area (Å²) in [6.45, 7) is -0.416. The molecule has 0 aliphatic carbocycles. The highest BCUT2D eigenvalue weighted by Gasteiger charge is 2.35. The topological polar surface area (TPSA) is 104 Å². The zero-order valence-corrected chi connectivity index (χ0v) is 14.7. The van der Waals surface area contributed by atoms with Crippen molar-refractivity contribution in [3.63, 3.8) is 0 Å². The van der Waals surface area contributed by atoms with E-state index in [4.69, 9.17) is 16.7 Å². The van der Waals surface area contributed by atoms with E-state index >= 15 is 0 Å². The van der Waals surface area contributed by atoms with Crippen molar-refractivity contribution in [1.82, 2.24) is 9.62 Å². The number of likely N-dealkylation sites (tertiary alicyclic amines) is 1. The third-order valence-corrected chi connectivity index (χ3v) is 5.58. The summed E-state index contributed by atoms with van der Waals surface area (Å²) < 4.78 is 64.8. The molecule has 0 aromatic heterocycles. The van der Waals surface area contributed by atoms with E-state index in [9.17, 15) is 31.2 Å². The highest BCUT2D eigenvalue weighted by molar-refractivity contribution is 7.89. The van der Waals surface area contributed by atoms with E-state index in [1.807, 2.05) is 0 Å². The number of aliphatic carboxylic acids is 1. The number of carboxylic acid groups (broad SMARTS) is 1. The molecular formula is C14H14ClF3N2O5S. The van der Waals surface area contributed by atoms with E-state index in [0.717, 1.165) is 12.1 Å². The number of nitrogens with zero attached hydrogens (tertiary/aromatic N) is 1. The Balaban J connectivity index is 2.04. The smallest absolute Gasteiger partial charge is 0.417 e. The number of carbonyl (C=O) groups is 2. The predicted octanol–water partition coefficient (Wildman–Crippen LogP) is 1.57. The Morgan fingerprint density at radius 3 is 2.58 bits per heavy atom. The van der Waals surface area contributed by atoms with Crippen LogP contribution in [0.3, 0.4) is 0 Å². The number of hydrogen-bond acceptors (Lipinski definition) is 4. The number of nitrogens with one attached hydrogen (secondary N) is 1. The van der Waals surface area contributed by atoms with Crippen molar-refractivity contribution in [1.29, 1.82) is 0 Å². The molecule has 1 saturated heterocycles. The molecule has 1 fully saturated rings. The summed E-state index contributed by atoms with van der Waals surface area (Å²) in [6, 6.07) is 2.19. The van der Waals surface area contributed by atoms with Gasteiger partial charge in [0.15, 0.2) is 0 Å². The molecule has 1 aromatic carbocycles. The molecule has 1 aliphatic heterocycles. The minimum absolute atomic E-state index is 0.0466. The van der Waals surface area contributed by atoms with Crippen LogP contribution < -0.4 is 4.72 Å². The van der Waals surface area contributed by atoms with Crippen LogP contribution in [0.25, 0.3) is 0 Å². The van der Waals surface area contributed by atoms with Crippen LogP contribution in [0, 0.1) is 5.92 Å². The Labute approximate surface area is 151 Å². The fraction of sp³-hybridized carbons (Fsp3) is 0.429. The predicted molar refractivity (Wildman–Crippen MR) is 84.0 cm³/mol. The number of benzene rings is 1. The van der Waals surface area contributed by atoms with Gasteiger partial charge >= 0.3 is 12.1 Å². The van der Waals surface area contributed by atoms with Crippen molar-refractivity contribution in [3.8, 4) is 0 Å². The zero-order chi connectivity index (χ0) is 19.7. The van der Waals surface area contributed by atoms with Gasteiger partial charge < -0.3 is 10.0 Å². The molecular weight excluding hydrogens is 401 g/mol. The SMILES string of the molecule is O=C(O)C1CC(=O)N(CCNS(=O)(=O)c2ccc(Cl)c(C(F)(F)F)c2)C1. The van der Waals surface area contributed by atoms with Crippen molar-refractivity contribution in [2.45, 2.75) is 17.5 Å². The molecule has 1 aromatic rings. The van der Waals surface area contributed by atoms with E-state index < -0.39 is 49.5 Å². The van der Waals surface area contributed by atoms with Crippen LogP contribution in [-0.4, -0.2) is 49.9 Å². The second kappa shape index (κ2) is 7.41. The van der Waals surface area contributed by atoms with Crippen LogP contribution in [0.5, 0.6) is 0 Å². The molecule has 26 heavy (non-hydrogen) atoms. The van der Waals surface area contributed by atoms with Gasteiger partial charge in [0.2, 0.25) is 15.9 Å². The minimum Gasteiger partial charge on any atom is -0.481 e. The molecule has 2 N–H and O–H groups in total. The summed E-state index contributed by atoms with van der Waals surface area (Å²) in [5, 5.41) is 8.25. The van der Waals surface area contributed by atoms with E-state index in [-0.39, 0.29) is 26.1 Å². The quantitative estimate of drug-likeness (QED) is 0.735. The Morgan fingerprint density at radius 1 is 1.38 bits per heavy atom. The maximum Gasteiger partial charge on any atom is 0.417 e. The van der Waals surface area contributed by atoms with Gasteiger partial charge in [-0.15, -0.1) is 0 Å². The molecule has 1 heterocycles. The highest BCUT2D eigenvalue weighted by Crippen LogP contribution is 2.35. The van der Waals surface area contributed by atoms with Gasteiger partial charge in [0.25, 0.3) is 0 Å². The Hall–Kier alpha value is -1.85. The first-order chi connectivity index (χ1) is 11.9. The van der Waals surface area contributed by atoms with Crippen LogP contribution in [-0.2, 0) is 25.8 Å². The summed E-state index contributed by atoms with van der Waals surface area (Å²) in [5.74, 6) is -2.41. The van der Waals surface area contributed by atoms with Gasteiger partial charge in [-0.05, 0) is 18.2 Å². The number of amides is 1. The largest absolute Gasteiger partial charge is 0.481 e.